The largest absolute Gasteiger partial charge is 0.320 e. The highest BCUT2D eigenvalue weighted by Crippen LogP contribution is 2.18. The van der Waals surface area contributed by atoms with Gasteiger partial charge < -0.3 is 5.73 Å². The minimum atomic E-state index is -1.14. The van der Waals surface area contributed by atoms with Crippen LogP contribution in [-0.4, -0.2) is 51.6 Å². The maximum atomic E-state index is 13.3. The minimum absolute atomic E-state index is 0.0771. The van der Waals surface area contributed by atoms with Crippen LogP contribution in [0.2, 0.25) is 0 Å². The number of carbonyl (C=O) groups is 3. The average Bonchev–Trinajstić information content (AvgIpc) is 2.78. The number of amides is 3. The number of benzene rings is 1. The molecule has 0 aromatic heterocycles. The summed E-state index contributed by atoms with van der Waals surface area (Å²) in [4.78, 5) is 39.1. The van der Waals surface area contributed by atoms with E-state index in [1.807, 2.05) is 64.1 Å². The summed E-state index contributed by atoms with van der Waals surface area (Å²) in [5.41, 5.74) is 9.39. The second-order valence-electron chi connectivity index (χ2n) is 8.70. The van der Waals surface area contributed by atoms with Crippen molar-refractivity contribution in [2.75, 3.05) is 6.54 Å². The van der Waals surface area contributed by atoms with E-state index in [0.717, 1.165) is 16.1 Å². The van der Waals surface area contributed by atoms with Crippen molar-refractivity contribution in [2.24, 2.45) is 11.7 Å². The molecule has 3 amide bonds. The summed E-state index contributed by atoms with van der Waals surface area (Å²) in [6.07, 6.45) is 6.18. The summed E-state index contributed by atoms with van der Waals surface area (Å²) < 4.78 is 0. The van der Waals surface area contributed by atoms with Crippen molar-refractivity contribution in [1.82, 2.24) is 15.5 Å². The van der Waals surface area contributed by atoms with Crippen LogP contribution in [0.25, 0.3) is 6.08 Å². The zero-order valence-electron chi connectivity index (χ0n) is 20.3. The van der Waals surface area contributed by atoms with E-state index >= 15 is 0 Å². The number of nitrogens with one attached hydrogen (secondary N) is 1. The van der Waals surface area contributed by atoms with Crippen molar-refractivity contribution in [2.45, 2.75) is 66.0 Å². The van der Waals surface area contributed by atoms with Crippen molar-refractivity contribution in [3.05, 3.63) is 53.6 Å². The van der Waals surface area contributed by atoms with Gasteiger partial charge in [0.2, 0.25) is 5.91 Å². The molecule has 0 aliphatic rings. The van der Waals surface area contributed by atoms with Crippen molar-refractivity contribution in [1.29, 1.82) is 0 Å². The van der Waals surface area contributed by atoms with Gasteiger partial charge in [-0.1, -0.05) is 68.0 Å². The summed E-state index contributed by atoms with van der Waals surface area (Å²) in [5, 5.41) is 11.8. The number of hydrogen-bond donors (Lipinski definition) is 3. The molecule has 1 aromatic carbocycles. The highest BCUT2D eigenvalue weighted by molar-refractivity contribution is 5.90. The first kappa shape index (κ1) is 28.1. The number of rotatable bonds is 11. The second-order valence-corrected chi connectivity index (χ2v) is 8.70. The van der Waals surface area contributed by atoms with Gasteiger partial charge in [0.15, 0.2) is 0 Å². The quantitative estimate of drug-likeness (QED) is 0.267. The van der Waals surface area contributed by atoms with Gasteiger partial charge in [0.25, 0.3) is 11.8 Å². The number of carbonyl (C=O) groups excluding carboxylic acids is 3. The zero-order chi connectivity index (χ0) is 25.0. The van der Waals surface area contributed by atoms with Gasteiger partial charge in [0, 0.05) is 6.42 Å². The molecule has 0 saturated heterocycles. The number of hydrogen-bond acceptors (Lipinski definition) is 5. The van der Waals surface area contributed by atoms with Gasteiger partial charge in [-0.05, 0) is 45.1 Å². The molecule has 8 nitrogen and oxygen atoms in total. The Hall–Kier alpha value is -2.97. The van der Waals surface area contributed by atoms with Gasteiger partial charge in [0.1, 0.15) is 6.04 Å². The Balaban J connectivity index is 3.41. The fourth-order valence-electron chi connectivity index (χ4n) is 3.08. The van der Waals surface area contributed by atoms with Gasteiger partial charge in [-0.2, -0.15) is 0 Å². The molecular formula is C25H38N4O4. The fourth-order valence-corrected chi connectivity index (χ4v) is 3.08. The maximum absolute atomic E-state index is 13.3. The lowest BCUT2D eigenvalue weighted by Gasteiger charge is -2.39. The highest BCUT2D eigenvalue weighted by atomic mass is 16.5. The molecule has 33 heavy (non-hydrogen) atoms. The molecule has 0 spiro atoms. The molecular weight excluding hydrogens is 420 g/mol. The molecule has 8 heteroatoms. The first-order chi connectivity index (χ1) is 15.6. The van der Waals surface area contributed by atoms with E-state index in [-0.39, 0.29) is 31.2 Å². The van der Waals surface area contributed by atoms with E-state index in [4.69, 9.17) is 5.73 Å². The Labute approximate surface area is 197 Å². The molecule has 1 aromatic rings. The number of allylic oxidation sites excluding steroid dienone is 1. The van der Waals surface area contributed by atoms with Gasteiger partial charge in [0.05, 0.1) is 12.6 Å². The topological polar surface area (TPSA) is 116 Å². The molecule has 0 saturated carbocycles. The van der Waals surface area contributed by atoms with Crippen LogP contribution < -0.4 is 11.2 Å². The summed E-state index contributed by atoms with van der Waals surface area (Å²) in [7, 11) is 0. The van der Waals surface area contributed by atoms with Crippen molar-refractivity contribution < 1.29 is 19.6 Å². The van der Waals surface area contributed by atoms with E-state index in [9.17, 15) is 19.6 Å². The van der Waals surface area contributed by atoms with Crippen LogP contribution in [0.4, 0.5) is 0 Å². The van der Waals surface area contributed by atoms with E-state index in [1.165, 1.54) is 11.9 Å². The Kier molecular flexibility index (Phi) is 12.1. The first-order valence-electron chi connectivity index (χ1n) is 11.3. The molecule has 0 heterocycles. The average molecular weight is 459 g/mol. The SMILES string of the molecule is CC(C)=CCN(C(=O)[C@@H](C)N)N(C(=O)CCC(C)C)[C@@H](CC=Cc1ccccc1)C(=O)NO. The molecule has 0 unspecified atom stereocenters. The minimum Gasteiger partial charge on any atom is -0.320 e. The van der Waals surface area contributed by atoms with Crippen LogP contribution in [0.3, 0.4) is 0 Å². The third-order valence-corrected chi connectivity index (χ3v) is 4.94. The molecule has 1 rings (SSSR count). The monoisotopic (exact) mass is 458 g/mol. The lowest BCUT2D eigenvalue weighted by molar-refractivity contribution is -0.173. The number of nitrogens with zero attached hydrogens (tertiary/aromatic N) is 2. The number of hydroxylamine groups is 1. The van der Waals surface area contributed by atoms with E-state index < -0.39 is 23.9 Å². The molecule has 0 radical (unpaired) electrons. The Bertz CT molecular complexity index is 830. The Morgan fingerprint density at radius 2 is 1.76 bits per heavy atom. The highest BCUT2D eigenvalue weighted by Gasteiger charge is 2.36. The van der Waals surface area contributed by atoms with Crippen LogP contribution >= 0.6 is 0 Å². The standard InChI is InChI=1S/C25H38N4O4/c1-18(2)14-15-23(30)29(28(17-16-19(3)4)25(32)20(5)26)22(24(31)27-33)13-9-12-21-10-7-6-8-11-21/h6-12,16,18,20,22,33H,13-15,17,26H2,1-5H3,(H,27,31)/t20-,22+/m1/s1. The third-order valence-electron chi connectivity index (χ3n) is 4.94. The smallest absolute Gasteiger partial charge is 0.268 e. The van der Waals surface area contributed by atoms with Crippen LogP contribution in [0.1, 0.15) is 59.4 Å². The molecule has 2 atom stereocenters. The summed E-state index contributed by atoms with van der Waals surface area (Å²) in [6, 6.07) is 7.48. The van der Waals surface area contributed by atoms with E-state index in [0.29, 0.717) is 6.42 Å². The van der Waals surface area contributed by atoms with Crippen LogP contribution in [0.15, 0.2) is 48.1 Å². The fraction of sp³-hybridized carbons (Fsp3) is 0.480. The van der Waals surface area contributed by atoms with Crippen LogP contribution in [-0.2, 0) is 14.4 Å². The van der Waals surface area contributed by atoms with E-state index in [1.54, 1.807) is 17.6 Å². The predicted octanol–water partition coefficient (Wildman–Crippen LogP) is 3.29. The van der Waals surface area contributed by atoms with Gasteiger partial charge >= 0.3 is 0 Å². The second kappa shape index (κ2) is 14.2. The molecule has 0 aliphatic heterocycles. The Morgan fingerprint density at radius 1 is 1.12 bits per heavy atom. The normalized spacial score (nSPS) is 12.8. The Morgan fingerprint density at radius 3 is 2.27 bits per heavy atom. The summed E-state index contributed by atoms with van der Waals surface area (Å²) in [6.45, 7) is 9.34. The summed E-state index contributed by atoms with van der Waals surface area (Å²) in [5.74, 6) is -1.41. The van der Waals surface area contributed by atoms with Crippen molar-refractivity contribution >= 4 is 23.8 Å². The maximum Gasteiger partial charge on any atom is 0.268 e. The number of hydrazine groups is 1. The van der Waals surface area contributed by atoms with Gasteiger partial charge in [-0.15, -0.1) is 0 Å². The van der Waals surface area contributed by atoms with E-state index in [2.05, 4.69) is 0 Å². The molecule has 182 valence electrons. The van der Waals surface area contributed by atoms with Crippen LogP contribution in [0, 0.1) is 5.92 Å². The molecule has 0 fully saturated rings. The molecule has 4 N–H and O–H groups in total. The predicted molar refractivity (Wildman–Crippen MR) is 130 cm³/mol. The molecule has 0 bridgehead atoms. The third kappa shape index (κ3) is 9.59. The van der Waals surface area contributed by atoms with Gasteiger partial charge in [-0.25, -0.2) is 15.5 Å². The first-order valence-corrected chi connectivity index (χ1v) is 11.3. The zero-order valence-corrected chi connectivity index (χ0v) is 20.3. The van der Waals surface area contributed by atoms with Crippen molar-refractivity contribution in [3.63, 3.8) is 0 Å². The summed E-state index contributed by atoms with van der Waals surface area (Å²) >= 11 is 0. The van der Waals surface area contributed by atoms with Gasteiger partial charge in [-0.3, -0.25) is 19.6 Å². The lowest BCUT2D eigenvalue weighted by Crippen LogP contribution is -2.61. The lowest BCUT2D eigenvalue weighted by atomic mass is 10.1. The van der Waals surface area contributed by atoms with Crippen molar-refractivity contribution in [3.8, 4) is 0 Å². The number of nitrogens with two attached hydrogens (primary N) is 1. The van der Waals surface area contributed by atoms with Crippen LogP contribution in [0.5, 0.6) is 0 Å². The molecule has 0 aliphatic carbocycles.